The summed E-state index contributed by atoms with van der Waals surface area (Å²) >= 11 is 5.99. The molecule has 12 heteroatoms. The molecule has 0 aliphatic carbocycles. The van der Waals surface area contributed by atoms with Crippen LogP contribution in [0.4, 0.5) is 5.82 Å². The topological polar surface area (TPSA) is 113 Å². The summed E-state index contributed by atoms with van der Waals surface area (Å²) in [6.45, 7) is 4.08. The first kappa shape index (κ1) is 29.6. The minimum atomic E-state index is -0.482. The molecule has 7 heterocycles. The zero-order valence-electron chi connectivity index (χ0n) is 26.1. The molecule has 47 heavy (non-hydrogen) atoms. The van der Waals surface area contributed by atoms with E-state index in [0.29, 0.717) is 56.1 Å². The largest absolute Gasteiger partial charge is 0.338 e. The lowest BCUT2D eigenvalue weighted by Gasteiger charge is -2.29. The summed E-state index contributed by atoms with van der Waals surface area (Å²) in [4.78, 5) is 51.3. The quantitative estimate of drug-likeness (QED) is 0.291. The van der Waals surface area contributed by atoms with Crippen LogP contribution in [0.5, 0.6) is 0 Å². The number of hydrogen-bond donors (Lipinski definition) is 0. The van der Waals surface area contributed by atoms with Crippen molar-refractivity contribution in [2.75, 3.05) is 44.2 Å². The van der Waals surface area contributed by atoms with E-state index in [2.05, 4.69) is 43.2 Å². The first-order valence-electron chi connectivity index (χ1n) is 16.0. The Bertz CT molecular complexity index is 1940. The molecule has 1 atom stereocenters. The fourth-order valence-electron chi connectivity index (χ4n) is 7.21. The zero-order chi connectivity index (χ0) is 32.1. The van der Waals surface area contributed by atoms with Gasteiger partial charge in [0.25, 0.3) is 0 Å². The van der Waals surface area contributed by atoms with Gasteiger partial charge in [0.15, 0.2) is 5.82 Å². The second-order valence-corrected chi connectivity index (χ2v) is 13.2. The van der Waals surface area contributed by atoms with Gasteiger partial charge in [-0.2, -0.15) is 5.10 Å². The fraction of sp³-hybridized carbons (Fsp3) is 0.343. The van der Waals surface area contributed by atoms with Gasteiger partial charge in [-0.15, -0.1) is 0 Å². The maximum absolute atomic E-state index is 13.9. The van der Waals surface area contributed by atoms with Crippen LogP contribution in [-0.4, -0.2) is 91.3 Å². The highest BCUT2D eigenvalue weighted by atomic mass is 35.5. The Hall–Kier alpha value is -4.74. The van der Waals surface area contributed by atoms with Crippen LogP contribution in [0.2, 0.25) is 5.15 Å². The second kappa shape index (κ2) is 11.8. The Balaban J connectivity index is 0.883. The third-order valence-electron chi connectivity index (χ3n) is 9.85. The molecule has 2 fully saturated rings. The number of nitrogens with zero attached hydrogens (tertiary/aromatic N) is 9. The lowest BCUT2D eigenvalue weighted by Crippen LogP contribution is -2.43. The third-order valence-corrected chi connectivity index (χ3v) is 10.1. The summed E-state index contributed by atoms with van der Waals surface area (Å²) < 4.78 is 1.70. The molecule has 4 aliphatic rings. The van der Waals surface area contributed by atoms with E-state index in [1.54, 1.807) is 23.3 Å². The third kappa shape index (κ3) is 5.53. The lowest BCUT2D eigenvalue weighted by atomic mass is 9.85. The van der Waals surface area contributed by atoms with E-state index in [0.717, 1.165) is 59.5 Å². The lowest BCUT2D eigenvalue weighted by molar-refractivity contribution is -0.132. The average Bonchev–Trinajstić information content (AvgIpc) is 3.89. The molecule has 3 aromatic heterocycles. The number of carbonyl (C=O) groups is 2. The van der Waals surface area contributed by atoms with E-state index >= 15 is 0 Å². The second-order valence-electron chi connectivity index (χ2n) is 12.8. The van der Waals surface area contributed by atoms with Crippen molar-refractivity contribution in [2.24, 2.45) is 17.5 Å². The molecule has 4 aliphatic heterocycles. The average molecular weight is 648 g/mol. The van der Waals surface area contributed by atoms with Crippen LogP contribution in [0.1, 0.15) is 41.6 Å². The van der Waals surface area contributed by atoms with Crippen molar-refractivity contribution in [2.45, 2.75) is 25.8 Å². The van der Waals surface area contributed by atoms with Crippen LogP contribution in [-0.2, 0) is 23.2 Å². The molecular weight excluding hydrogens is 614 g/mol. The standard InChI is InChI=1S/C35H34ClN9O2/c1-42-22-39-33(41-42)25-4-2-23(3-5-25)24-10-14-44(15-11-24)30(46)20-43-16-12-35(21-43)13-17-45(34(35)47)29-9-7-27-19-38-31(32(27)40-29)26-6-8-28(36)37-18-26/h2-10,18,22H,11-17,19-21H2,1H3/t35-/m0/s1. The Labute approximate surface area is 277 Å². The number of halogens is 1. The summed E-state index contributed by atoms with van der Waals surface area (Å²) in [6.07, 6.45) is 7.86. The number of fused-ring (bicyclic) bond motifs is 1. The van der Waals surface area contributed by atoms with Gasteiger partial charge in [0, 0.05) is 56.1 Å². The van der Waals surface area contributed by atoms with Crippen LogP contribution >= 0.6 is 11.6 Å². The van der Waals surface area contributed by atoms with Crippen molar-refractivity contribution >= 4 is 40.5 Å². The van der Waals surface area contributed by atoms with Crippen LogP contribution < -0.4 is 4.90 Å². The Morgan fingerprint density at radius 2 is 1.77 bits per heavy atom. The van der Waals surface area contributed by atoms with Crippen molar-refractivity contribution in [3.05, 3.63) is 94.7 Å². The molecule has 11 nitrogen and oxygen atoms in total. The number of anilines is 1. The molecule has 2 saturated heterocycles. The molecular formula is C35H34ClN9O2. The minimum absolute atomic E-state index is 0.0972. The molecule has 0 N–H and O–H groups in total. The number of aromatic nitrogens is 5. The Morgan fingerprint density at radius 1 is 0.957 bits per heavy atom. The van der Waals surface area contributed by atoms with Crippen molar-refractivity contribution in [3.63, 3.8) is 0 Å². The fourth-order valence-corrected chi connectivity index (χ4v) is 7.32. The van der Waals surface area contributed by atoms with Crippen molar-refractivity contribution in [1.29, 1.82) is 0 Å². The molecule has 0 saturated carbocycles. The smallest absolute Gasteiger partial charge is 0.237 e. The number of aryl methyl sites for hydroxylation is 1. The summed E-state index contributed by atoms with van der Waals surface area (Å²) in [5.74, 6) is 1.57. The summed E-state index contributed by atoms with van der Waals surface area (Å²) in [7, 11) is 1.86. The van der Waals surface area contributed by atoms with Gasteiger partial charge >= 0.3 is 0 Å². The number of carbonyl (C=O) groups excluding carboxylic acids is 2. The van der Waals surface area contributed by atoms with Gasteiger partial charge in [-0.3, -0.25) is 29.1 Å². The van der Waals surface area contributed by atoms with E-state index in [1.807, 2.05) is 47.2 Å². The monoisotopic (exact) mass is 647 g/mol. The number of likely N-dealkylation sites (tertiary alicyclic amines) is 1. The maximum Gasteiger partial charge on any atom is 0.237 e. The highest BCUT2D eigenvalue weighted by Crippen LogP contribution is 2.42. The molecule has 0 radical (unpaired) electrons. The summed E-state index contributed by atoms with van der Waals surface area (Å²) in [5, 5.41) is 4.80. The van der Waals surface area contributed by atoms with Crippen molar-refractivity contribution in [3.8, 4) is 11.4 Å². The summed E-state index contributed by atoms with van der Waals surface area (Å²) in [6, 6.07) is 15.9. The van der Waals surface area contributed by atoms with Crippen molar-refractivity contribution in [1.82, 2.24) is 34.5 Å². The molecule has 238 valence electrons. The number of rotatable bonds is 6. The van der Waals surface area contributed by atoms with Gasteiger partial charge in [-0.1, -0.05) is 48.0 Å². The van der Waals surface area contributed by atoms with Gasteiger partial charge in [0.2, 0.25) is 11.8 Å². The first-order chi connectivity index (χ1) is 22.8. The van der Waals surface area contributed by atoms with E-state index < -0.39 is 5.41 Å². The molecule has 0 bridgehead atoms. The van der Waals surface area contributed by atoms with Crippen LogP contribution in [0.15, 0.2) is 72.1 Å². The van der Waals surface area contributed by atoms with Crippen LogP contribution in [0, 0.1) is 5.41 Å². The van der Waals surface area contributed by atoms with E-state index in [4.69, 9.17) is 16.6 Å². The molecule has 1 spiro atoms. The molecule has 0 unspecified atom stereocenters. The maximum atomic E-state index is 13.9. The van der Waals surface area contributed by atoms with Gasteiger partial charge in [-0.25, -0.2) is 15.0 Å². The predicted octanol–water partition coefficient (Wildman–Crippen LogP) is 4.02. The Kier molecular flexibility index (Phi) is 7.45. The SMILES string of the molecule is Cn1cnc(-c2ccc(C3=CCN(C(=O)CN4CC[C@]5(CCN(c6ccc7c(n6)C(c6ccc(Cl)nc6)=NC7)C5=O)C4)CC3)cc2)n1. The number of aliphatic imine (C=N–C) groups is 1. The molecule has 1 aromatic carbocycles. The van der Waals surface area contributed by atoms with E-state index in [9.17, 15) is 9.59 Å². The highest BCUT2D eigenvalue weighted by Gasteiger charge is 2.51. The normalized spacial score (nSPS) is 21.0. The van der Waals surface area contributed by atoms with E-state index in [-0.39, 0.29) is 11.8 Å². The van der Waals surface area contributed by atoms with Crippen LogP contribution in [0.3, 0.4) is 0 Å². The minimum Gasteiger partial charge on any atom is -0.338 e. The number of benzene rings is 1. The molecule has 8 rings (SSSR count). The number of amides is 2. The molecule has 2 amide bonds. The predicted molar refractivity (Wildman–Crippen MR) is 179 cm³/mol. The highest BCUT2D eigenvalue weighted by molar-refractivity contribution is 6.29. The number of pyridine rings is 2. The van der Waals surface area contributed by atoms with Crippen molar-refractivity contribution < 1.29 is 9.59 Å². The van der Waals surface area contributed by atoms with Gasteiger partial charge in [0.05, 0.1) is 29.9 Å². The Morgan fingerprint density at radius 3 is 2.51 bits per heavy atom. The van der Waals surface area contributed by atoms with Crippen LogP contribution in [0.25, 0.3) is 17.0 Å². The van der Waals surface area contributed by atoms with Gasteiger partial charge in [0.1, 0.15) is 17.3 Å². The first-order valence-corrected chi connectivity index (χ1v) is 16.4. The van der Waals surface area contributed by atoms with Gasteiger partial charge < -0.3 is 4.90 Å². The van der Waals surface area contributed by atoms with Gasteiger partial charge in [-0.05, 0) is 55.1 Å². The summed E-state index contributed by atoms with van der Waals surface area (Å²) in [5.41, 5.74) is 6.34. The zero-order valence-corrected chi connectivity index (χ0v) is 26.9. The van der Waals surface area contributed by atoms with E-state index in [1.165, 1.54) is 5.57 Å². The molecule has 4 aromatic rings. The number of hydrogen-bond acceptors (Lipinski definition) is 8.